The molecular formula is C12H15F3N2O3. The third-order valence-electron chi connectivity index (χ3n) is 2.78. The van der Waals surface area contributed by atoms with E-state index in [0.717, 1.165) is 12.1 Å². The third kappa shape index (κ3) is 4.37. The lowest BCUT2D eigenvalue weighted by Gasteiger charge is -2.14. The Kier molecular flexibility index (Phi) is 5.32. The van der Waals surface area contributed by atoms with Crippen LogP contribution in [0.25, 0.3) is 0 Å². The zero-order valence-electron chi connectivity index (χ0n) is 10.8. The predicted molar refractivity (Wildman–Crippen MR) is 67.5 cm³/mol. The van der Waals surface area contributed by atoms with E-state index in [9.17, 15) is 23.3 Å². The fourth-order valence-electron chi connectivity index (χ4n) is 1.65. The molecule has 1 aromatic carbocycles. The van der Waals surface area contributed by atoms with Gasteiger partial charge in [-0.2, -0.15) is 13.2 Å². The number of nitro benzene ring substituents is 1. The molecule has 8 heteroatoms. The van der Waals surface area contributed by atoms with E-state index in [-0.39, 0.29) is 18.2 Å². The van der Waals surface area contributed by atoms with Gasteiger partial charge in [-0.05, 0) is 24.5 Å². The van der Waals surface area contributed by atoms with Crippen molar-refractivity contribution in [2.45, 2.75) is 19.5 Å². The van der Waals surface area contributed by atoms with Crippen molar-refractivity contribution >= 4 is 11.4 Å². The Labute approximate surface area is 113 Å². The average Bonchev–Trinajstić information content (AvgIpc) is 2.35. The minimum absolute atomic E-state index is 0.00307. The van der Waals surface area contributed by atoms with Crippen LogP contribution >= 0.6 is 0 Å². The largest absolute Gasteiger partial charge is 0.423 e. The molecule has 112 valence electrons. The molecule has 0 aliphatic rings. The molecule has 2 N–H and O–H groups in total. The number of hydrogen-bond acceptors (Lipinski definition) is 4. The number of nitro groups is 1. The molecule has 1 atom stereocenters. The topological polar surface area (TPSA) is 75.4 Å². The summed E-state index contributed by atoms with van der Waals surface area (Å²) >= 11 is 0. The molecule has 0 saturated carbocycles. The quantitative estimate of drug-likeness (QED) is 0.624. The van der Waals surface area contributed by atoms with Crippen LogP contribution in [0.2, 0.25) is 0 Å². The molecule has 1 aromatic rings. The lowest BCUT2D eigenvalue weighted by atomic mass is 10.1. The van der Waals surface area contributed by atoms with Gasteiger partial charge in [-0.25, -0.2) is 0 Å². The fraction of sp³-hybridized carbons (Fsp3) is 0.500. The van der Waals surface area contributed by atoms with Crippen molar-refractivity contribution in [1.82, 2.24) is 0 Å². The van der Waals surface area contributed by atoms with Crippen LogP contribution in [0.4, 0.5) is 24.5 Å². The number of aliphatic hydroxyl groups excluding tert-OH is 1. The molecule has 0 aromatic heterocycles. The second-order valence-electron chi connectivity index (χ2n) is 4.49. The smallest absolute Gasteiger partial charge is 0.396 e. The molecule has 0 heterocycles. The highest BCUT2D eigenvalue weighted by atomic mass is 19.4. The SMILES string of the molecule is CC(CCO)CNc1ccc([N+](=O)[O-])c(C(F)(F)F)c1. The van der Waals surface area contributed by atoms with Gasteiger partial charge in [0, 0.05) is 24.9 Å². The molecule has 0 saturated heterocycles. The van der Waals surface area contributed by atoms with Crippen molar-refractivity contribution in [3.8, 4) is 0 Å². The molecule has 1 unspecified atom stereocenters. The lowest BCUT2D eigenvalue weighted by Crippen LogP contribution is -2.14. The van der Waals surface area contributed by atoms with E-state index in [1.807, 2.05) is 6.92 Å². The Hall–Kier alpha value is -1.83. The van der Waals surface area contributed by atoms with Crippen molar-refractivity contribution in [3.63, 3.8) is 0 Å². The highest BCUT2D eigenvalue weighted by Gasteiger charge is 2.38. The zero-order valence-corrected chi connectivity index (χ0v) is 10.8. The van der Waals surface area contributed by atoms with Gasteiger partial charge < -0.3 is 10.4 Å². The van der Waals surface area contributed by atoms with Crippen LogP contribution in [0, 0.1) is 16.0 Å². The first-order valence-electron chi connectivity index (χ1n) is 5.96. The first-order chi connectivity index (χ1) is 9.25. The van der Waals surface area contributed by atoms with Crippen LogP contribution < -0.4 is 5.32 Å². The first-order valence-corrected chi connectivity index (χ1v) is 5.96. The van der Waals surface area contributed by atoms with E-state index < -0.39 is 22.4 Å². The Bertz CT molecular complexity index is 478. The fourth-order valence-corrected chi connectivity index (χ4v) is 1.65. The number of aliphatic hydroxyl groups is 1. The first kappa shape index (κ1) is 16.2. The number of rotatable bonds is 6. The molecule has 0 aliphatic carbocycles. The van der Waals surface area contributed by atoms with Crippen molar-refractivity contribution < 1.29 is 23.2 Å². The standard InChI is InChI=1S/C12H15F3N2O3/c1-8(4-5-18)7-16-9-2-3-11(17(19)20)10(6-9)12(13,14)15/h2-3,6,8,16,18H,4-5,7H2,1H3. The van der Waals surface area contributed by atoms with Gasteiger partial charge in [0.1, 0.15) is 5.56 Å². The molecule has 1 rings (SSSR count). The van der Waals surface area contributed by atoms with Crippen LogP contribution in [-0.2, 0) is 6.18 Å². The van der Waals surface area contributed by atoms with Gasteiger partial charge in [0.05, 0.1) is 4.92 Å². The number of anilines is 1. The normalized spacial score (nSPS) is 13.1. The van der Waals surface area contributed by atoms with Gasteiger partial charge in [0.25, 0.3) is 5.69 Å². The highest BCUT2D eigenvalue weighted by molar-refractivity contribution is 5.55. The van der Waals surface area contributed by atoms with E-state index in [1.165, 1.54) is 6.07 Å². The van der Waals surface area contributed by atoms with E-state index >= 15 is 0 Å². The summed E-state index contributed by atoms with van der Waals surface area (Å²) in [6.07, 6.45) is -4.26. The Morgan fingerprint density at radius 2 is 2.10 bits per heavy atom. The predicted octanol–water partition coefficient (Wildman–Crippen LogP) is 3.04. The lowest BCUT2D eigenvalue weighted by molar-refractivity contribution is -0.388. The van der Waals surface area contributed by atoms with Gasteiger partial charge in [0.2, 0.25) is 0 Å². The van der Waals surface area contributed by atoms with E-state index in [4.69, 9.17) is 5.11 Å². The number of halogens is 3. The van der Waals surface area contributed by atoms with E-state index in [1.54, 1.807) is 0 Å². The molecular weight excluding hydrogens is 277 g/mol. The summed E-state index contributed by atoms with van der Waals surface area (Å²) < 4.78 is 38.2. The summed E-state index contributed by atoms with van der Waals surface area (Å²) in [7, 11) is 0. The minimum atomic E-state index is -4.78. The summed E-state index contributed by atoms with van der Waals surface area (Å²) in [6.45, 7) is 2.20. The molecule has 0 spiro atoms. The molecule has 0 amide bonds. The summed E-state index contributed by atoms with van der Waals surface area (Å²) in [4.78, 5) is 9.53. The third-order valence-corrected chi connectivity index (χ3v) is 2.78. The second-order valence-corrected chi connectivity index (χ2v) is 4.49. The summed E-state index contributed by atoms with van der Waals surface area (Å²) in [5, 5.41) is 22.1. The maximum atomic E-state index is 12.7. The maximum absolute atomic E-state index is 12.7. The number of nitrogens with zero attached hydrogens (tertiary/aromatic N) is 1. The van der Waals surface area contributed by atoms with Crippen molar-refractivity contribution in [1.29, 1.82) is 0 Å². The summed E-state index contributed by atoms with van der Waals surface area (Å²) in [5.41, 5.74) is -2.08. The highest BCUT2D eigenvalue weighted by Crippen LogP contribution is 2.37. The van der Waals surface area contributed by atoms with Gasteiger partial charge in [-0.1, -0.05) is 6.92 Å². The second kappa shape index (κ2) is 6.56. The summed E-state index contributed by atoms with van der Waals surface area (Å²) in [6, 6.07) is 2.80. The van der Waals surface area contributed by atoms with Crippen LogP contribution in [0.1, 0.15) is 18.9 Å². The Balaban J connectivity index is 2.93. The van der Waals surface area contributed by atoms with Crippen molar-refractivity contribution in [2.75, 3.05) is 18.5 Å². The van der Waals surface area contributed by atoms with Crippen LogP contribution in [0.15, 0.2) is 18.2 Å². The maximum Gasteiger partial charge on any atom is 0.423 e. The molecule has 0 aliphatic heterocycles. The number of nitrogens with one attached hydrogen (secondary N) is 1. The molecule has 0 radical (unpaired) electrons. The van der Waals surface area contributed by atoms with Crippen LogP contribution in [0.5, 0.6) is 0 Å². The monoisotopic (exact) mass is 292 g/mol. The van der Waals surface area contributed by atoms with Gasteiger partial charge in [-0.3, -0.25) is 10.1 Å². The van der Waals surface area contributed by atoms with E-state index in [2.05, 4.69) is 5.32 Å². The zero-order chi connectivity index (χ0) is 15.3. The summed E-state index contributed by atoms with van der Waals surface area (Å²) in [5.74, 6) is 0.0736. The minimum Gasteiger partial charge on any atom is -0.396 e. The van der Waals surface area contributed by atoms with Crippen LogP contribution in [-0.4, -0.2) is 23.2 Å². The molecule has 20 heavy (non-hydrogen) atoms. The van der Waals surface area contributed by atoms with Gasteiger partial charge >= 0.3 is 6.18 Å². The molecule has 0 fully saturated rings. The number of benzene rings is 1. The number of hydrogen-bond donors (Lipinski definition) is 2. The van der Waals surface area contributed by atoms with E-state index in [0.29, 0.717) is 13.0 Å². The van der Waals surface area contributed by atoms with Gasteiger partial charge in [0.15, 0.2) is 0 Å². The molecule has 5 nitrogen and oxygen atoms in total. The molecule has 0 bridgehead atoms. The van der Waals surface area contributed by atoms with Crippen LogP contribution in [0.3, 0.4) is 0 Å². The Morgan fingerprint density at radius 1 is 1.45 bits per heavy atom. The van der Waals surface area contributed by atoms with Crippen molar-refractivity contribution in [3.05, 3.63) is 33.9 Å². The number of alkyl halides is 3. The average molecular weight is 292 g/mol. The Morgan fingerprint density at radius 3 is 2.60 bits per heavy atom. The van der Waals surface area contributed by atoms with Crippen molar-refractivity contribution in [2.24, 2.45) is 5.92 Å². The van der Waals surface area contributed by atoms with Gasteiger partial charge in [-0.15, -0.1) is 0 Å².